The minimum atomic E-state index is -0.544. The number of carbonyl (C=O) groups is 2. The normalized spacial score (nSPS) is 12.1. The molecule has 0 aliphatic rings. The Kier molecular flexibility index (Phi) is 5.20. The van der Waals surface area contributed by atoms with Crippen molar-refractivity contribution in [1.29, 1.82) is 0 Å². The van der Waals surface area contributed by atoms with Gasteiger partial charge in [-0.15, -0.1) is 0 Å². The zero-order valence-electron chi connectivity index (χ0n) is 13.2. The lowest BCUT2D eigenvalue weighted by atomic mass is 10.1. The number of hydrogen-bond acceptors (Lipinski definition) is 3. The second-order valence-electron chi connectivity index (χ2n) is 5.31. The predicted octanol–water partition coefficient (Wildman–Crippen LogP) is 2.18. The molecule has 0 saturated heterocycles. The van der Waals surface area contributed by atoms with Gasteiger partial charge in [-0.25, -0.2) is 0 Å². The van der Waals surface area contributed by atoms with Gasteiger partial charge in [0.05, 0.1) is 12.7 Å². The van der Waals surface area contributed by atoms with Gasteiger partial charge in [0.1, 0.15) is 11.6 Å². The molecule has 0 aliphatic carbocycles. The topological polar surface area (TPSA) is 71.3 Å². The molecule has 5 heteroatoms. The van der Waals surface area contributed by atoms with Crippen LogP contribution in [0.3, 0.4) is 0 Å². The highest BCUT2D eigenvalue weighted by molar-refractivity contribution is 5.91. The van der Waals surface area contributed by atoms with E-state index in [4.69, 9.17) is 4.42 Å². The van der Waals surface area contributed by atoms with Gasteiger partial charge in [-0.3, -0.25) is 9.59 Å². The number of rotatable bonds is 6. The number of aryl methyl sites for hydroxylation is 1. The summed E-state index contributed by atoms with van der Waals surface area (Å²) in [5.74, 6) is -0.374. The molecule has 0 saturated carbocycles. The van der Waals surface area contributed by atoms with Crippen molar-refractivity contribution in [2.45, 2.75) is 39.7 Å². The Bertz CT molecular complexity index is 676. The van der Waals surface area contributed by atoms with E-state index in [0.717, 1.165) is 23.0 Å². The lowest BCUT2D eigenvalue weighted by Gasteiger charge is -2.12. The lowest BCUT2D eigenvalue weighted by molar-refractivity contribution is -0.128. The van der Waals surface area contributed by atoms with E-state index in [2.05, 4.69) is 17.6 Å². The Hall–Kier alpha value is -2.30. The second kappa shape index (κ2) is 7.11. The molecule has 0 radical (unpaired) electrons. The highest BCUT2D eigenvalue weighted by Crippen LogP contribution is 2.23. The van der Waals surface area contributed by atoms with E-state index in [1.54, 1.807) is 13.2 Å². The number of hydrogen-bond donors (Lipinski definition) is 2. The fourth-order valence-electron chi connectivity index (χ4n) is 2.34. The quantitative estimate of drug-likeness (QED) is 0.859. The van der Waals surface area contributed by atoms with Crippen LogP contribution in [-0.2, 0) is 22.4 Å². The molecule has 0 bridgehead atoms. The molecule has 22 heavy (non-hydrogen) atoms. The van der Waals surface area contributed by atoms with Gasteiger partial charge in [0.25, 0.3) is 0 Å². The molecule has 1 aromatic heterocycles. The van der Waals surface area contributed by atoms with Gasteiger partial charge in [0.2, 0.25) is 11.8 Å². The number of nitrogens with one attached hydrogen (secondary N) is 2. The molecule has 1 heterocycles. The van der Waals surface area contributed by atoms with E-state index in [-0.39, 0.29) is 18.2 Å². The highest BCUT2D eigenvalue weighted by Gasteiger charge is 2.16. The highest BCUT2D eigenvalue weighted by atomic mass is 16.3. The minimum absolute atomic E-state index is 0.180. The average molecular weight is 302 g/mol. The first-order valence-corrected chi connectivity index (χ1v) is 7.61. The summed E-state index contributed by atoms with van der Waals surface area (Å²) in [5, 5.41) is 6.32. The third-order valence-electron chi connectivity index (χ3n) is 3.60. The summed E-state index contributed by atoms with van der Waals surface area (Å²) in [5.41, 5.74) is 2.82. The van der Waals surface area contributed by atoms with Crippen molar-refractivity contribution in [1.82, 2.24) is 10.6 Å². The van der Waals surface area contributed by atoms with Crippen LogP contribution in [0.2, 0.25) is 0 Å². The summed E-state index contributed by atoms with van der Waals surface area (Å²) in [4.78, 5) is 23.7. The van der Waals surface area contributed by atoms with E-state index >= 15 is 0 Å². The second-order valence-corrected chi connectivity index (χ2v) is 5.31. The Balaban J connectivity index is 2.04. The van der Waals surface area contributed by atoms with Crippen LogP contribution in [0.1, 0.15) is 31.9 Å². The molecule has 1 aromatic carbocycles. The van der Waals surface area contributed by atoms with Gasteiger partial charge in [0, 0.05) is 17.5 Å². The molecular weight excluding hydrogens is 280 g/mol. The van der Waals surface area contributed by atoms with Crippen LogP contribution in [0.4, 0.5) is 0 Å². The van der Waals surface area contributed by atoms with Crippen molar-refractivity contribution in [3.8, 4) is 0 Å². The van der Waals surface area contributed by atoms with Gasteiger partial charge >= 0.3 is 0 Å². The average Bonchev–Trinajstić information content (AvgIpc) is 2.89. The summed E-state index contributed by atoms with van der Waals surface area (Å²) in [6.07, 6.45) is 2.75. The maximum absolute atomic E-state index is 12.1. The number of fused-ring (bicyclic) bond motifs is 1. The Morgan fingerprint density at radius 2 is 2.05 bits per heavy atom. The summed E-state index contributed by atoms with van der Waals surface area (Å²) >= 11 is 0. The van der Waals surface area contributed by atoms with E-state index in [1.165, 1.54) is 5.56 Å². The monoisotopic (exact) mass is 302 g/mol. The summed E-state index contributed by atoms with van der Waals surface area (Å²) in [6, 6.07) is 5.47. The van der Waals surface area contributed by atoms with Crippen LogP contribution in [0, 0.1) is 0 Å². The van der Waals surface area contributed by atoms with Gasteiger partial charge in [-0.05, 0) is 31.9 Å². The molecule has 2 aromatic rings. The largest absolute Gasteiger partial charge is 0.464 e. The lowest BCUT2D eigenvalue weighted by Crippen LogP contribution is -2.45. The van der Waals surface area contributed by atoms with Gasteiger partial charge in [-0.1, -0.05) is 19.1 Å². The first-order chi connectivity index (χ1) is 10.5. The van der Waals surface area contributed by atoms with Crippen molar-refractivity contribution in [3.63, 3.8) is 0 Å². The number of likely N-dealkylation sites (N-methyl/N-ethyl adjacent to an activating group) is 1. The zero-order chi connectivity index (χ0) is 16.1. The molecule has 5 nitrogen and oxygen atoms in total. The molecular formula is C17H22N2O3. The zero-order valence-corrected chi connectivity index (χ0v) is 13.2. The number of furan rings is 1. The predicted molar refractivity (Wildman–Crippen MR) is 85.6 cm³/mol. The SMILES string of the molecule is CCNC(=O)[C@@H](C)NC(=O)Cc1coc2cc(CC)ccc12. The van der Waals surface area contributed by atoms with Gasteiger partial charge < -0.3 is 15.1 Å². The number of benzene rings is 1. The van der Waals surface area contributed by atoms with Crippen LogP contribution in [-0.4, -0.2) is 24.4 Å². The maximum atomic E-state index is 12.1. The maximum Gasteiger partial charge on any atom is 0.242 e. The molecule has 1 atom stereocenters. The van der Waals surface area contributed by atoms with Crippen molar-refractivity contribution in [2.75, 3.05) is 6.54 Å². The molecule has 118 valence electrons. The van der Waals surface area contributed by atoms with Crippen LogP contribution in [0.15, 0.2) is 28.9 Å². The number of amides is 2. The van der Waals surface area contributed by atoms with Crippen LogP contribution in [0.5, 0.6) is 0 Å². The van der Waals surface area contributed by atoms with E-state index in [0.29, 0.717) is 6.54 Å². The molecule has 2 amide bonds. The molecule has 0 unspecified atom stereocenters. The van der Waals surface area contributed by atoms with Crippen LogP contribution in [0.25, 0.3) is 11.0 Å². The van der Waals surface area contributed by atoms with E-state index in [9.17, 15) is 9.59 Å². The van der Waals surface area contributed by atoms with Crippen molar-refractivity contribution in [2.24, 2.45) is 0 Å². The van der Waals surface area contributed by atoms with E-state index < -0.39 is 6.04 Å². The third-order valence-corrected chi connectivity index (χ3v) is 3.60. The van der Waals surface area contributed by atoms with Crippen LogP contribution < -0.4 is 10.6 Å². The molecule has 0 spiro atoms. The standard InChI is InChI=1S/C17H22N2O3/c1-4-12-6-7-14-13(10-22-15(14)8-12)9-16(20)19-11(3)17(21)18-5-2/h6-8,10-11H,4-5,9H2,1-3H3,(H,18,21)(H,19,20)/t11-/m1/s1. The summed E-state index contributed by atoms with van der Waals surface area (Å²) in [7, 11) is 0. The van der Waals surface area contributed by atoms with Gasteiger partial charge in [-0.2, -0.15) is 0 Å². The van der Waals surface area contributed by atoms with Crippen molar-refractivity contribution < 1.29 is 14.0 Å². The molecule has 2 rings (SSSR count). The van der Waals surface area contributed by atoms with Crippen molar-refractivity contribution >= 4 is 22.8 Å². The number of carbonyl (C=O) groups excluding carboxylic acids is 2. The fourth-order valence-corrected chi connectivity index (χ4v) is 2.34. The third kappa shape index (κ3) is 3.67. The Labute approximate surface area is 130 Å². The molecule has 2 N–H and O–H groups in total. The van der Waals surface area contributed by atoms with Crippen molar-refractivity contribution in [3.05, 3.63) is 35.6 Å². The van der Waals surface area contributed by atoms with Crippen LogP contribution >= 0.6 is 0 Å². The fraction of sp³-hybridized carbons (Fsp3) is 0.412. The molecule has 0 aliphatic heterocycles. The first kappa shape index (κ1) is 16.1. The smallest absolute Gasteiger partial charge is 0.242 e. The summed E-state index contributed by atoms with van der Waals surface area (Å²) < 4.78 is 5.52. The Morgan fingerprint density at radius 3 is 2.73 bits per heavy atom. The Morgan fingerprint density at radius 1 is 1.27 bits per heavy atom. The van der Waals surface area contributed by atoms with Gasteiger partial charge in [0.15, 0.2) is 0 Å². The molecule has 0 fully saturated rings. The summed E-state index contributed by atoms with van der Waals surface area (Å²) in [6.45, 7) is 6.14. The van der Waals surface area contributed by atoms with E-state index in [1.807, 2.05) is 25.1 Å². The minimum Gasteiger partial charge on any atom is -0.464 e. The first-order valence-electron chi connectivity index (χ1n) is 7.61.